The molecule has 1 heterocycles. The van der Waals surface area contributed by atoms with Crippen LogP contribution in [0.4, 0.5) is 0 Å². The summed E-state index contributed by atoms with van der Waals surface area (Å²) in [5, 5.41) is 2.86. The molecule has 16 heavy (non-hydrogen) atoms. The zero-order valence-electron chi connectivity index (χ0n) is 10.3. The van der Waals surface area contributed by atoms with Crippen LogP contribution in [0.1, 0.15) is 13.3 Å². The molecule has 5 nitrogen and oxygen atoms in total. The van der Waals surface area contributed by atoms with Crippen LogP contribution in [0.15, 0.2) is 0 Å². The molecule has 0 aromatic carbocycles. The minimum absolute atomic E-state index is 0.0260. The quantitative estimate of drug-likeness (QED) is 0.740. The summed E-state index contributed by atoms with van der Waals surface area (Å²) in [6, 6.07) is 0. The number of hydrogen-bond donors (Lipinski definition) is 1. The second-order valence-electron chi connectivity index (χ2n) is 4.32. The van der Waals surface area contributed by atoms with Gasteiger partial charge in [-0.05, 0) is 19.4 Å². The third-order valence-corrected chi connectivity index (χ3v) is 5.00. The molecule has 1 fully saturated rings. The van der Waals surface area contributed by atoms with Gasteiger partial charge in [0.1, 0.15) is 0 Å². The molecular weight excluding hydrogens is 228 g/mol. The maximum Gasteiger partial charge on any atom is 0.215 e. The van der Waals surface area contributed by atoms with Crippen LogP contribution in [-0.4, -0.2) is 58.4 Å². The molecule has 0 aliphatic carbocycles. The Labute approximate surface area is 98.2 Å². The molecule has 1 saturated heterocycles. The number of hydrogen-bond acceptors (Lipinski definition) is 4. The van der Waals surface area contributed by atoms with Gasteiger partial charge >= 0.3 is 0 Å². The Hall–Kier alpha value is -0.170. The van der Waals surface area contributed by atoms with E-state index in [0.29, 0.717) is 25.6 Å². The predicted octanol–water partition coefficient (Wildman–Crippen LogP) is -0.108. The molecule has 0 aromatic heterocycles. The molecule has 2 atom stereocenters. The largest absolute Gasteiger partial charge is 0.380 e. The molecule has 0 amide bonds. The number of nitrogens with one attached hydrogen (secondary N) is 1. The number of methoxy groups -OCH3 is 1. The molecule has 2 unspecified atom stereocenters. The average Bonchev–Trinajstić information content (AvgIpc) is 2.27. The van der Waals surface area contributed by atoms with E-state index in [-0.39, 0.29) is 11.9 Å². The molecule has 1 N–H and O–H groups in total. The molecule has 96 valence electrons. The van der Waals surface area contributed by atoms with Crippen molar-refractivity contribution >= 4 is 10.0 Å². The van der Waals surface area contributed by atoms with Crippen LogP contribution in [0.25, 0.3) is 0 Å². The molecule has 0 bridgehead atoms. The minimum Gasteiger partial charge on any atom is -0.380 e. The fourth-order valence-corrected chi connectivity index (χ4v) is 3.40. The normalized spacial score (nSPS) is 28.2. The topological polar surface area (TPSA) is 58.6 Å². The van der Waals surface area contributed by atoms with Gasteiger partial charge in [0, 0.05) is 26.7 Å². The Bertz CT molecular complexity index is 305. The second-order valence-corrected chi connectivity index (χ2v) is 6.41. The van der Waals surface area contributed by atoms with Crippen molar-refractivity contribution in [2.75, 3.05) is 39.5 Å². The van der Waals surface area contributed by atoms with E-state index in [1.54, 1.807) is 18.5 Å². The van der Waals surface area contributed by atoms with Gasteiger partial charge in [-0.25, -0.2) is 8.42 Å². The molecule has 1 aliphatic heterocycles. The third kappa shape index (κ3) is 3.41. The number of piperidine rings is 1. The highest BCUT2D eigenvalue weighted by Gasteiger charge is 2.32. The van der Waals surface area contributed by atoms with Crippen LogP contribution >= 0.6 is 0 Å². The van der Waals surface area contributed by atoms with Gasteiger partial charge in [0.15, 0.2) is 0 Å². The standard InChI is InChI=1S/C10H22N2O3S/c1-9-4-6-12(8-10(9)15-3)16(13,14)7-5-11-2/h9-11H,4-8H2,1-3H3. The molecule has 6 heteroatoms. The van der Waals surface area contributed by atoms with Crippen molar-refractivity contribution in [1.29, 1.82) is 0 Å². The molecule has 0 radical (unpaired) electrons. The lowest BCUT2D eigenvalue weighted by molar-refractivity contribution is 0.0184. The van der Waals surface area contributed by atoms with Gasteiger partial charge in [-0.1, -0.05) is 6.92 Å². The third-order valence-electron chi connectivity index (χ3n) is 3.16. The Morgan fingerprint density at radius 2 is 2.19 bits per heavy atom. The SMILES string of the molecule is CNCCS(=O)(=O)N1CCC(C)C(OC)C1. The van der Waals surface area contributed by atoms with Crippen molar-refractivity contribution < 1.29 is 13.2 Å². The van der Waals surface area contributed by atoms with E-state index in [2.05, 4.69) is 12.2 Å². The zero-order valence-corrected chi connectivity index (χ0v) is 11.1. The van der Waals surface area contributed by atoms with E-state index >= 15 is 0 Å². The smallest absolute Gasteiger partial charge is 0.215 e. The summed E-state index contributed by atoms with van der Waals surface area (Å²) in [5.74, 6) is 0.592. The summed E-state index contributed by atoms with van der Waals surface area (Å²) in [5.41, 5.74) is 0. The first-order valence-electron chi connectivity index (χ1n) is 5.66. The van der Waals surface area contributed by atoms with Crippen molar-refractivity contribution in [1.82, 2.24) is 9.62 Å². The van der Waals surface area contributed by atoms with Crippen LogP contribution in [0, 0.1) is 5.92 Å². The number of rotatable bonds is 5. The van der Waals surface area contributed by atoms with Crippen LogP contribution in [0.3, 0.4) is 0 Å². The molecule has 0 aromatic rings. The predicted molar refractivity (Wildman–Crippen MR) is 63.9 cm³/mol. The maximum atomic E-state index is 11.9. The van der Waals surface area contributed by atoms with Gasteiger partial charge in [-0.2, -0.15) is 4.31 Å². The van der Waals surface area contributed by atoms with Gasteiger partial charge in [-0.3, -0.25) is 0 Å². The second kappa shape index (κ2) is 5.95. The Balaban J connectivity index is 2.60. The molecular formula is C10H22N2O3S. The fourth-order valence-electron chi connectivity index (χ4n) is 1.93. The monoisotopic (exact) mass is 250 g/mol. The van der Waals surface area contributed by atoms with Crippen LogP contribution in [0.2, 0.25) is 0 Å². The molecule has 1 rings (SSSR count). The molecule has 0 spiro atoms. The number of ether oxygens (including phenoxy) is 1. The van der Waals surface area contributed by atoms with Crippen LogP contribution < -0.4 is 5.32 Å². The van der Waals surface area contributed by atoms with Gasteiger partial charge in [0.2, 0.25) is 10.0 Å². The summed E-state index contributed by atoms with van der Waals surface area (Å²) in [6.07, 6.45) is 0.898. The average molecular weight is 250 g/mol. The van der Waals surface area contributed by atoms with Gasteiger partial charge < -0.3 is 10.1 Å². The highest BCUT2D eigenvalue weighted by molar-refractivity contribution is 7.89. The maximum absolute atomic E-state index is 11.9. The summed E-state index contributed by atoms with van der Waals surface area (Å²) in [7, 11) is 0.278. The summed E-state index contributed by atoms with van der Waals surface area (Å²) < 4.78 is 30.8. The Morgan fingerprint density at radius 1 is 1.50 bits per heavy atom. The molecule has 1 aliphatic rings. The summed E-state index contributed by atoms with van der Waals surface area (Å²) in [6.45, 7) is 3.70. The van der Waals surface area contributed by atoms with Gasteiger partial charge in [0.05, 0.1) is 11.9 Å². The van der Waals surface area contributed by atoms with Crippen LogP contribution in [-0.2, 0) is 14.8 Å². The van der Waals surface area contributed by atoms with Crippen molar-refractivity contribution in [2.24, 2.45) is 5.92 Å². The van der Waals surface area contributed by atoms with E-state index < -0.39 is 10.0 Å². The van der Waals surface area contributed by atoms with E-state index in [4.69, 9.17) is 4.74 Å². The lowest BCUT2D eigenvalue weighted by Crippen LogP contribution is -2.48. The van der Waals surface area contributed by atoms with Crippen LogP contribution in [0.5, 0.6) is 0 Å². The number of nitrogens with zero attached hydrogens (tertiary/aromatic N) is 1. The Kier molecular flexibility index (Phi) is 5.17. The van der Waals surface area contributed by atoms with Crippen molar-refractivity contribution in [2.45, 2.75) is 19.4 Å². The lowest BCUT2D eigenvalue weighted by Gasteiger charge is -2.35. The van der Waals surface area contributed by atoms with Crippen molar-refractivity contribution in [3.8, 4) is 0 Å². The van der Waals surface area contributed by atoms with E-state index in [1.807, 2.05) is 0 Å². The van der Waals surface area contributed by atoms with E-state index in [0.717, 1.165) is 6.42 Å². The van der Waals surface area contributed by atoms with E-state index in [1.165, 1.54) is 0 Å². The first-order chi connectivity index (χ1) is 7.51. The number of sulfonamides is 1. The fraction of sp³-hybridized carbons (Fsp3) is 1.00. The Morgan fingerprint density at radius 3 is 2.75 bits per heavy atom. The van der Waals surface area contributed by atoms with Crippen molar-refractivity contribution in [3.63, 3.8) is 0 Å². The molecule has 0 saturated carbocycles. The zero-order chi connectivity index (χ0) is 12.2. The van der Waals surface area contributed by atoms with Gasteiger partial charge in [0.25, 0.3) is 0 Å². The summed E-state index contributed by atoms with van der Waals surface area (Å²) >= 11 is 0. The first kappa shape index (κ1) is 13.9. The highest BCUT2D eigenvalue weighted by Crippen LogP contribution is 2.21. The lowest BCUT2D eigenvalue weighted by atomic mass is 9.97. The van der Waals surface area contributed by atoms with Gasteiger partial charge in [-0.15, -0.1) is 0 Å². The first-order valence-corrected chi connectivity index (χ1v) is 7.27. The highest BCUT2D eigenvalue weighted by atomic mass is 32.2. The minimum atomic E-state index is -3.12. The van der Waals surface area contributed by atoms with Crippen molar-refractivity contribution in [3.05, 3.63) is 0 Å². The summed E-state index contributed by atoms with van der Waals surface area (Å²) in [4.78, 5) is 0. The van der Waals surface area contributed by atoms with E-state index in [9.17, 15) is 8.42 Å².